The van der Waals surface area contributed by atoms with Crippen LogP contribution in [0.25, 0.3) is 0 Å². The lowest BCUT2D eigenvalue weighted by molar-refractivity contribution is 0.102. The molecule has 27 heavy (non-hydrogen) atoms. The van der Waals surface area contributed by atoms with Crippen molar-refractivity contribution in [1.29, 1.82) is 0 Å². The maximum Gasteiger partial charge on any atom is 0.261 e. The molecule has 0 unspecified atom stereocenters. The summed E-state index contributed by atoms with van der Waals surface area (Å²) in [6.45, 7) is 1.96. The molecule has 0 bridgehead atoms. The van der Waals surface area contributed by atoms with Crippen molar-refractivity contribution in [1.82, 2.24) is 0 Å². The maximum absolute atomic E-state index is 12.4. The molecule has 0 aromatic heterocycles. The van der Waals surface area contributed by atoms with Crippen LogP contribution in [0.4, 0.5) is 11.4 Å². The van der Waals surface area contributed by atoms with Crippen molar-refractivity contribution < 1.29 is 13.2 Å². The van der Waals surface area contributed by atoms with Crippen molar-refractivity contribution in [3.05, 3.63) is 87.5 Å². The summed E-state index contributed by atoms with van der Waals surface area (Å²) in [5.74, 6) is -0.239. The van der Waals surface area contributed by atoms with E-state index in [1.807, 2.05) is 25.1 Å². The molecule has 0 fully saturated rings. The monoisotopic (exact) mass is 492 g/mol. The molecule has 0 saturated heterocycles. The summed E-state index contributed by atoms with van der Waals surface area (Å²) in [5.41, 5.74) is 2.67. The zero-order chi connectivity index (χ0) is 19.4. The molecule has 5 nitrogen and oxygen atoms in total. The Morgan fingerprint density at radius 1 is 0.889 bits per heavy atom. The van der Waals surface area contributed by atoms with Crippen molar-refractivity contribution in [3.8, 4) is 0 Å². The van der Waals surface area contributed by atoms with Gasteiger partial charge < -0.3 is 5.32 Å². The third-order valence-corrected chi connectivity index (χ3v) is 6.11. The van der Waals surface area contributed by atoms with E-state index in [4.69, 9.17) is 0 Å². The molecule has 0 aliphatic carbocycles. The normalized spacial score (nSPS) is 11.0. The SMILES string of the molecule is Cc1ccc(C(=O)Nc2ccc(S(=O)(=O)Nc3ccccc3)cc2)c(I)c1. The number of aryl methyl sites for hydroxylation is 1. The van der Waals surface area contributed by atoms with Crippen LogP contribution in [0.3, 0.4) is 0 Å². The highest BCUT2D eigenvalue weighted by atomic mass is 127. The van der Waals surface area contributed by atoms with Gasteiger partial charge in [0.05, 0.1) is 10.5 Å². The van der Waals surface area contributed by atoms with Crippen molar-refractivity contribution in [2.75, 3.05) is 10.0 Å². The van der Waals surface area contributed by atoms with Crippen molar-refractivity contribution in [2.45, 2.75) is 11.8 Å². The number of sulfonamides is 1. The van der Waals surface area contributed by atoms with Gasteiger partial charge in [0.1, 0.15) is 0 Å². The second-order valence-corrected chi connectivity index (χ2v) is 8.78. The fraction of sp³-hybridized carbons (Fsp3) is 0.0500. The zero-order valence-corrected chi connectivity index (χ0v) is 17.4. The molecule has 0 spiro atoms. The van der Waals surface area contributed by atoms with Crippen LogP contribution in [0, 0.1) is 10.5 Å². The minimum atomic E-state index is -3.69. The van der Waals surface area contributed by atoms with E-state index in [1.54, 1.807) is 42.5 Å². The standard InChI is InChI=1S/C20H17IN2O3S/c1-14-7-12-18(19(21)13-14)20(24)22-15-8-10-17(11-9-15)27(25,26)23-16-5-3-2-4-6-16/h2-13,23H,1H3,(H,22,24). The van der Waals surface area contributed by atoms with Gasteiger partial charge in [-0.3, -0.25) is 9.52 Å². The first-order chi connectivity index (χ1) is 12.8. The van der Waals surface area contributed by atoms with E-state index >= 15 is 0 Å². The number of carbonyl (C=O) groups excluding carboxylic acids is 1. The Morgan fingerprint density at radius 2 is 1.56 bits per heavy atom. The quantitative estimate of drug-likeness (QED) is 0.510. The van der Waals surface area contributed by atoms with E-state index in [1.165, 1.54) is 12.1 Å². The first-order valence-electron chi connectivity index (χ1n) is 8.10. The van der Waals surface area contributed by atoms with E-state index in [0.717, 1.165) is 9.13 Å². The number of benzene rings is 3. The van der Waals surface area contributed by atoms with E-state index in [9.17, 15) is 13.2 Å². The van der Waals surface area contributed by atoms with Crippen molar-refractivity contribution >= 4 is 49.9 Å². The van der Waals surface area contributed by atoms with Crippen molar-refractivity contribution in [3.63, 3.8) is 0 Å². The van der Waals surface area contributed by atoms with Gasteiger partial charge in [0, 0.05) is 14.9 Å². The number of hydrogen-bond acceptors (Lipinski definition) is 3. The highest BCUT2D eigenvalue weighted by Crippen LogP contribution is 2.20. The molecule has 3 rings (SSSR count). The summed E-state index contributed by atoms with van der Waals surface area (Å²) >= 11 is 2.12. The van der Waals surface area contributed by atoms with Gasteiger partial charge >= 0.3 is 0 Å². The highest BCUT2D eigenvalue weighted by Gasteiger charge is 2.15. The fourth-order valence-corrected chi connectivity index (χ4v) is 4.41. The molecule has 0 heterocycles. The van der Waals surface area contributed by atoms with E-state index in [2.05, 4.69) is 32.6 Å². The Morgan fingerprint density at radius 3 is 2.19 bits per heavy atom. The molecule has 0 radical (unpaired) electrons. The molecule has 0 atom stereocenters. The van der Waals surface area contributed by atoms with Crippen LogP contribution >= 0.6 is 22.6 Å². The van der Waals surface area contributed by atoms with Crippen LogP contribution in [0.15, 0.2) is 77.7 Å². The number of halogens is 1. The van der Waals surface area contributed by atoms with Crippen molar-refractivity contribution in [2.24, 2.45) is 0 Å². The number of carbonyl (C=O) groups is 1. The first kappa shape index (κ1) is 19.4. The minimum absolute atomic E-state index is 0.120. The molecule has 7 heteroatoms. The summed E-state index contributed by atoms with van der Waals surface area (Å²) in [6.07, 6.45) is 0. The first-order valence-corrected chi connectivity index (χ1v) is 10.7. The molecule has 0 aliphatic heterocycles. The largest absolute Gasteiger partial charge is 0.322 e. The Labute approximate surface area is 172 Å². The Bertz CT molecular complexity index is 1070. The van der Waals surface area contributed by atoms with Gasteiger partial charge in [-0.05, 0) is 78.0 Å². The Kier molecular flexibility index (Phi) is 5.81. The average molecular weight is 492 g/mol. The summed E-state index contributed by atoms with van der Waals surface area (Å²) in [7, 11) is -3.69. The van der Waals surface area contributed by atoms with E-state index in [0.29, 0.717) is 16.9 Å². The molecule has 0 saturated carbocycles. The van der Waals surface area contributed by atoms with Gasteiger partial charge in [-0.25, -0.2) is 8.42 Å². The number of nitrogens with one attached hydrogen (secondary N) is 2. The zero-order valence-electron chi connectivity index (χ0n) is 14.4. The molecule has 2 N–H and O–H groups in total. The van der Waals surface area contributed by atoms with Crippen LogP contribution in [0.1, 0.15) is 15.9 Å². The maximum atomic E-state index is 12.4. The van der Waals surface area contributed by atoms with Crippen LogP contribution in [0.2, 0.25) is 0 Å². The van der Waals surface area contributed by atoms with Gasteiger partial charge in [-0.2, -0.15) is 0 Å². The van der Waals surface area contributed by atoms with Gasteiger partial charge in [0.2, 0.25) is 0 Å². The van der Waals surface area contributed by atoms with Crippen LogP contribution < -0.4 is 10.0 Å². The number of para-hydroxylation sites is 1. The number of rotatable bonds is 5. The lowest BCUT2D eigenvalue weighted by atomic mass is 10.1. The third-order valence-electron chi connectivity index (χ3n) is 3.82. The van der Waals surface area contributed by atoms with Gasteiger partial charge in [-0.15, -0.1) is 0 Å². The lowest BCUT2D eigenvalue weighted by Crippen LogP contribution is -2.15. The minimum Gasteiger partial charge on any atom is -0.322 e. The summed E-state index contributed by atoms with van der Waals surface area (Å²) < 4.78 is 28.2. The van der Waals surface area contributed by atoms with Gasteiger partial charge in [0.15, 0.2) is 0 Å². The predicted molar refractivity (Wildman–Crippen MR) is 116 cm³/mol. The van der Waals surface area contributed by atoms with Crippen LogP contribution in [-0.2, 0) is 10.0 Å². The predicted octanol–water partition coefficient (Wildman–Crippen LogP) is 4.65. The molecule has 0 aliphatic rings. The Hall–Kier alpha value is -2.39. The van der Waals surface area contributed by atoms with Gasteiger partial charge in [-0.1, -0.05) is 29.8 Å². The number of anilines is 2. The molecule has 3 aromatic carbocycles. The number of hydrogen-bond donors (Lipinski definition) is 2. The Balaban J connectivity index is 1.74. The second kappa shape index (κ2) is 8.10. The van der Waals surface area contributed by atoms with Crippen LogP contribution in [0.5, 0.6) is 0 Å². The molecule has 1 amide bonds. The summed E-state index contributed by atoms with van der Waals surface area (Å²) in [6, 6.07) is 20.3. The van der Waals surface area contributed by atoms with Gasteiger partial charge in [0.25, 0.3) is 15.9 Å². The number of amides is 1. The molecule has 138 valence electrons. The lowest BCUT2D eigenvalue weighted by Gasteiger charge is -2.10. The second-order valence-electron chi connectivity index (χ2n) is 5.93. The fourth-order valence-electron chi connectivity index (χ4n) is 2.44. The molecule has 3 aromatic rings. The van der Waals surface area contributed by atoms with Crippen LogP contribution in [-0.4, -0.2) is 14.3 Å². The summed E-state index contributed by atoms with van der Waals surface area (Å²) in [4.78, 5) is 12.5. The van der Waals surface area contributed by atoms with E-state index < -0.39 is 10.0 Å². The third kappa shape index (κ3) is 4.86. The summed E-state index contributed by atoms with van der Waals surface area (Å²) in [5, 5.41) is 2.79. The average Bonchev–Trinajstić information content (AvgIpc) is 2.62. The molecular formula is C20H17IN2O3S. The van der Waals surface area contributed by atoms with E-state index in [-0.39, 0.29) is 10.8 Å². The molecular weight excluding hydrogens is 475 g/mol. The smallest absolute Gasteiger partial charge is 0.261 e. The highest BCUT2D eigenvalue weighted by molar-refractivity contribution is 14.1. The topological polar surface area (TPSA) is 75.3 Å².